The smallest absolute Gasteiger partial charge is 0.312 e. The molecule has 1 aromatic rings. The predicted molar refractivity (Wildman–Crippen MR) is 59.6 cm³/mol. The number of phenolic OH excluding ortho intramolecular Hbond substituents is 1. The molecule has 0 heterocycles. The molecule has 0 spiro atoms. The molecular weight excluding hydrogens is 253 g/mol. The lowest BCUT2D eigenvalue weighted by Gasteiger charge is -2.10. The molecule has 92 valence electrons. The van der Waals surface area contributed by atoms with Gasteiger partial charge in [0.15, 0.2) is 5.75 Å². The van der Waals surface area contributed by atoms with Gasteiger partial charge in [0.1, 0.15) is 6.67 Å². The Labute approximate surface area is 102 Å². The first-order valence-corrected chi connectivity index (χ1v) is 4.24. The summed E-state index contributed by atoms with van der Waals surface area (Å²) in [4.78, 5) is 9.70. The van der Waals surface area contributed by atoms with Crippen molar-refractivity contribution in [1.29, 1.82) is 5.26 Å². The van der Waals surface area contributed by atoms with Gasteiger partial charge >= 0.3 is 5.69 Å². The van der Waals surface area contributed by atoms with E-state index in [9.17, 15) is 19.6 Å². The first kappa shape index (κ1) is 15.1. The normalized spacial score (nSPS) is 11.1. The molecule has 0 amide bonds. The molecule has 8 heteroatoms. The molecule has 0 aliphatic carbocycles. The maximum absolute atomic E-state index is 12.3. The van der Waals surface area contributed by atoms with Gasteiger partial charge in [-0.2, -0.15) is 5.26 Å². The molecule has 0 aromatic heterocycles. The van der Waals surface area contributed by atoms with Crippen molar-refractivity contribution < 1.29 is 14.4 Å². The fourth-order valence-electron chi connectivity index (χ4n) is 1.21. The highest BCUT2D eigenvalue weighted by Gasteiger charge is 2.22. The van der Waals surface area contributed by atoms with Crippen molar-refractivity contribution in [1.82, 2.24) is 0 Å². The molecule has 0 saturated carbocycles. The first-order valence-electron chi connectivity index (χ1n) is 4.24. The van der Waals surface area contributed by atoms with E-state index in [2.05, 4.69) is 0 Å². The number of nitro benzene ring substituents is 1. The van der Waals surface area contributed by atoms with Crippen molar-refractivity contribution in [3.8, 4) is 11.8 Å². The van der Waals surface area contributed by atoms with Crippen LogP contribution in [-0.4, -0.2) is 16.7 Å². The fraction of sp³-hybridized carbons (Fsp3) is 0.222. The molecule has 0 fully saturated rings. The molecular formula is C9H9ClFN3O3. The van der Waals surface area contributed by atoms with Gasteiger partial charge in [0, 0.05) is 11.6 Å². The summed E-state index contributed by atoms with van der Waals surface area (Å²) in [5.41, 5.74) is 4.47. The van der Waals surface area contributed by atoms with Crippen LogP contribution >= 0.6 is 12.4 Å². The summed E-state index contributed by atoms with van der Waals surface area (Å²) in [6.45, 7) is -0.987. The molecule has 6 nitrogen and oxygen atoms in total. The summed E-state index contributed by atoms with van der Waals surface area (Å²) in [6, 6.07) is 2.53. The second-order valence-electron chi connectivity index (χ2n) is 3.06. The maximum Gasteiger partial charge on any atom is 0.312 e. The van der Waals surface area contributed by atoms with Crippen LogP contribution in [-0.2, 0) is 0 Å². The van der Waals surface area contributed by atoms with E-state index >= 15 is 0 Å². The summed E-state index contributed by atoms with van der Waals surface area (Å²) in [7, 11) is 0. The molecule has 1 aromatic carbocycles. The van der Waals surface area contributed by atoms with Gasteiger partial charge in [0.25, 0.3) is 0 Å². The van der Waals surface area contributed by atoms with Crippen molar-refractivity contribution in [2.45, 2.75) is 6.04 Å². The lowest BCUT2D eigenvalue weighted by molar-refractivity contribution is -0.386. The number of hydrogen-bond acceptors (Lipinski definition) is 5. The third-order valence-electron chi connectivity index (χ3n) is 2.01. The average molecular weight is 262 g/mol. The lowest BCUT2D eigenvalue weighted by atomic mass is 10.0. The summed E-state index contributed by atoms with van der Waals surface area (Å²) >= 11 is 0. The number of nitriles is 1. The number of halogens is 2. The van der Waals surface area contributed by atoms with Crippen molar-refractivity contribution in [2.75, 3.05) is 6.67 Å². The van der Waals surface area contributed by atoms with Gasteiger partial charge in [-0.05, 0) is 6.07 Å². The van der Waals surface area contributed by atoms with Gasteiger partial charge in [-0.25, -0.2) is 4.39 Å². The zero-order chi connectivity index (χ0) is 12.3. The SMILES string of the molecule is Cl.N#Cc1cc([C@@H](N)CF)c(O)c([N+](=O)[O-])c1. The highest BCUT2D eigenvalue weighted by Crippen LogP contribution is 2.34. The van der Waals surface area contributed by atoms with Crippen LogP contribution in [0.25, 0.3) is 0 Å². The van der Waals surface area contributed by atoms with Crippen molar-refractivity contribution in [3.63, 3.8) is 0 Å². The van der Waals surface area contributed by atoms with Gasteiger partial charge < -0.3 is 10.8 Å². The molecule has 0 saturated heterocycles. The van der Waals surface area contributed by atoms with E-state index in [1.807, 2.05) is 0 Å². The van der Waals surface area contributed by atoms with Crippen molar-refractivity contribution >= 4 is 18.1 Å². The molecule has 0 unspecified atom stereocenters. The van der Waals surface area contributed by atoms with Crippen LogP contribution in [0.5, 0.6) is 5.75 Å². The van der Waals surface area contributed by atoms with Crippen LogP contribution in [0.3, 0.4) is 0 Å². The highest BCUT2D eigenvalue weighted by atomic mass is 35.5. The van der Waals surface area contributed by atoms with Crippen LogP contribution in [0.2, 0.25) is 0 Å². The van der Waals surface area contributed by atoms with Gasteiger partial charge in [-0.15, -0.1) is 12.4 Å². The first-order chi connectivity index (χ1) is 7.51. The minimum absolute atomic E-state index is 0. The topological polar surface area (TPSA) is 113 Å². The summed E-state index contributed by atoms with van der Waals surface area (Å²) < 4.78 is 12.3. The standard InChI is InChI=1S/C9H8FN3O3.ClH/c10-3-7(12)6-1-5(4-11)2-8(9(6)14)13(15)16;/h1-2,7,14H,3,12H2;1H/t7-;/m0./s1. The van der Waals surface area contributed by atoms with E-state index in [1.54, 1.807) is 6.07 Å². The molecule has 0 radical (unpaired) electrons. The van der Waals surface area contributed by atoms with E-state index in [1.165, 1.54) is 0 Å². The van der Waals surface area contributed by atoms with E-state index in [-0.39, 0.29) is 23.5 Å². The second kappa shape index (κ2) is 5.98. The Balaban J connectivity index is 0.00000256. The van der Waals surface area contributed by atoms with E-state index in [4.69, 9.17) is 11.0 Å². The van der Waals surface area contributed by atoms with Gasteiger partial charge in [-0.1, -0.05) is 0 Å². The summed E-state index contributed by atoms with van der Waals surface area (Å²) in [5, 5.41) is 28.7. The maximum atomic E-state index is 12.3. The molecule has 0 aliphatic rings. The van der Waals surface area contributed by atoms with E-state index in [0.29, 0.717) is 0 Å². The zero-order valence-corrected chi connectivity index (χ0v) is 9.28. The molecule has 0 aliphatic heterocycles. The Hall–Kier alpha value is -1.91. The number of aromatic hydroxyl groups is 1. The number of nitrogens with zero attached hydrogens (tertiary/aromatic N) is 2. The number of rotatable bonds is 3. The van der Waals surface area contributed by atoms with Crippen LogP contribution in [0.4, 0.5) is 10.1 Å². The lowest BCUT2D eigenvalue weighted by Crippen LogP contribution is -2.13. The van der Waals surface area contributed by atoms with Gasteiger partial charge in [-0.3, -0.25) is 10.1 Å². The number of phenols is 1. The van der Waals surface area contributed by atoms with Crippen molar-refractivity contribution in [3.05, 3.63) is 33.4 Å². The average Bonchev–Trinajstić information content (AvgIpc) is 2.28. The van der Waals surface area contributed by atoms with E-state index in [0.717, 1.165) is 12.1 Å². The third kappa shape index (κ3) is 3.03. The Bertz CT molecular complexity index is 475. The molecule has 1 rings (SSSR count). The van der Waals surface area contributed by atoms with E-state index < -0.39 is 29.1 Å². The molecule has 0 bridgehead atoms. The number of nitro groups is 1. The van der Waals surface area contributed by atoms with Crippen LogP contribution in [0, 0.1) is 21.4 Å². The molecule has 3 N–H and O–H groups in total. The largest absolute Gasteiger partial charge is 0.502 e. The van der Waals surface area contributed by atoms with Crippen molar-refractivity contribution in [2.24, 2.45) is 5.73 Å². The Morgan fingerprint density at radius 1 is 1.65 bits per heavy atom. The molecule has 1 atom stereocenters. The Morgan fingerprint density at radius 3 is 2.65 bits per heavy atom. The number of nitrogens with two attached hydrogens (primary N) is 1. The third-order valence-corrected chi connectivity index (χ3v) is 2.01. The van der Waals surface area contributed by atoms with Gasteiger partial charge in [0.2, 0.25) is 0 Å². The van der Waals surface area contributed by atoms with Gasteiger partial charge in [0.05, 0.1) is 22.6 Å². The van der Waals surface area contributed by atoms with Crippen LogP contribution in [0.1, 0.15) is 17.2 Å². The molecule has 17 heavy (non-hydrogen) atoms. The second-order valence-corrected chi connectivity index (χ2v) is 3.06. The summed E-state index contributed by atoms with van der Waals surface area (Å²) in [5.74, 6) is -0.700. The highest BCUT2D eigenvalue weighted by molar-refractivity contribution is 5.85. The minimum Gasteiger partial charge on any atom is -0.502 e. The monoisotopic (exact) mass is 261 g/mol. The number of hydrogen-bond donors (Lipinski definition) is 2. The Morgan fingerprint density at radius 2 is 2.24 bits per heavy atom. The summed E-state index contributed by atoms with van der Waals surface area (Å²) in [6.07, 6.45) is 0. The Kier molecular flexibility index (Phi) is 5.31. The quantitative estimate of drug-likeness (QED) is 0.633. The number of alkyl halides is 1. The zero-order valence-electron chi connectivity index (χ0n) is 8.46. The minimum atomic E-state index is -1.19. The van der Waals surface area contributed by atoms with Crippen LogP contribution < -0.4 is 5.73 Å². The number of benzene rings is 1. The van der Waals surface area contributed by atoms with Crippen LogP contribution in [0.15, 0.2) is 12.1 Å². The predicted octanol–water partition coefficient (Wildman–Crippen LogP) is 1.56. The fourth-order valence-corrected chi connectivity index (χ4v) is 1.21.